The normalized spacial score (nSPS) is 16.6. The first kappa shape index (κ1) is 7.99. The van der Waals surface area contributed by atoms with E-state index < -0.39 is 20.7 Å². The van der Waals surface area contributed by atoms with Gasteiger partial charge in [-0.2, -0.15) is 8.42 Å². The third kappa shape index (κ3) is 0.970. The summed E-state index contributed by atoms with van der Waals surface area (Å²) >= 11 is 0. The molecule has 0 spiro atoms. The monoisotopic (exact) mass is 201 g/mol. The van der Waals surface area contributed by atoms with Crippen molar-refractivity contribution in [2.24, 2.45) is 0 Å². The zero-order valence-electron chi connectivity index (χ0n) is 6.13. The van der Waals surface area contributed by atoms with E-state index >= 15 is 0 Å². The van der Waals surface area contributed by atoms with Crippen LogP contribution in [-0.2, 0) is 10.1 Å². The number of nitro groups is 1. The Bertz CT molecular complexity index is 492. The maximum Gasteiger partial charge on any atom is 0.346 e. The highest BCUT2D eigenvalue weighted by Crippen LogP contribution is 2.41. The van der Waals surface area contributed by atoms with Crippen molar-refractivity contribution in [1.82, 2.24) is 0 Å². The SMILES string of the molecule is O=[N+]([O-])c1c2cccc1S(=O)(=O)O2. The minimum Gasteiger partial charge on any atom is -0.371 e. The molecule has 0 fully saturated rings. The van der Waals surface area contributed by atoms with Gasteiger partial charge in [-0.15, -0.1) is 0 Å². The van der Waals surface area contributed by atoms with Gasteiger partial charge in [-0.25, -0.2) is 0 Å². The standard InChI is InChI=1S/C6H3NO5S/c8-7(9)6-4-2-1-3-5(6)13(10,11)12-4/h1-3H. The van der Waals surface area contributed by atoms with Crippen LogP contribution in [-0.4, -0.2) is 13.3 Å². The molecule has 2 rings (SSSR count). The maximum atomic E-state index is 11.1. The fraction of sp³-hybridized carbons (Fsp3) is 0. The molecular weight excluding hydrogens is 198 g/mol. The quantitative estimate of drug-likeness (QED) is 0.378. The van der Waals surface area contributed by atoms with E-state index in [0.717, 1.165) is 6.07 Å². The molecule has 0 saturated carbocycles. The topological polar surface area (TPSA) is 86.5 Å². The Kier molecular flexibility index (Phi) is 1.35. The van der Waals surface area contributed by atoms with Gasteiger partial charge in [-0.1, -0.05) is 6.07 Å². The van der Waals surface area contributed by atoms with E-state index in [2.05, 4.69) is 4.18 Å². The van der Waals surface area contributed by atoms with E-state index in [1.807, 2.05) is 0 Å². The van der Waals surface area contributed by atoms with Crippen molar-refractivity contribution in [3.05, 3.63) is 28.3 Å². The molecule has 2 bridgehead atoms. The molecule has 7 heteroatoms. The van der Waals surface area contributed by atoms with Gasteiger partial charge in [-0.3, -0.25) is 10.1 Å². The first-order chi connectivity index (χ1) is 6.02. The van der Waals surface area contributed by atoms with E-state index in [9.17, 15) is 18.5 Å². The van der Waals surface area contributed by atoms with Crippen molar-refractivity contribution >= 4 is 15.8 Å². The molecule has 1 heterocycles. The van der Waals surface area contributed by atoms with Gasteiger partial charge < -0.3 is 4.18 Å². The summed E-state index contributed by atoms with van der Waals surface area (Å²) in [5.41, 5.74) is -0.484. The molecule has 0 aliphatic carbocycles. The molecule has 0 unspecified atom stereocenters. The molecule has 6 nitrogen and oxygen atoms in total. The second kappa shape index (κ2) is 2.19. The van der Waals surface area contributed by atoms with Crippen LogP contribution in [0.25, 0.3) is 0 Å². The number of nitro benzene ring substituents is 1. The van der Waals surface area contributed by atoms with Gasteiger partial charge in [0.25, 0.3) is 0 Å². The molecule has 0 saturated heterocycles. The van der Waals surface area contributed by atoms with Gasteiger partial charge in [0.2, 0.25) is 5.75 Å². The summed E-state index contributed by atoms with van der Waals surface area (Å²) in [4.78, 5) is 9.28. The van der Waals surface area contributed by atoms with Gasteiger partial charge in [0.15, 0.2) is 4.90 Å². The predicted molar refractivity (Wildman–Crippen MR) is 40.9 cm³/mol. The summed E-state index contributed by atoms with van der Waals surface area (Å²) in [5, 5.41) is 10.4. The molecule has 1 aliphatic heterocycles. The molecule has 1 aromatic rings. The molecule has 13 heavy (non-hydrogen) atoms. The maximum absolute atomic E-state index is 11.1. The third-order valence-corrected chi connectivity index (χ3v) is 2.88. The minimum atomic E-state index is -3.94. The molecule has 0 aromatic heterocycles. The number of fused-ring (bicyclic) bond motifs is 2. The Labute approximate surface area is 73.0 Å². The van der Waals surface area contributed by atoms with Crippen molar-refractivity contribution in [2.45, 2.75) is 4.90 Å². The van der Waals surface area contributed by atoms with Crippen molar-refractivity contribution in [3.63, 3.8) is 0 Å². The number of rotatable bonds is 1. The Hall–Kier alpha value is -1.63. The van der Waals surface area contributed by atoms with Crippen LogP contribution >= 0.6 is 0 Å². The molecule has 0 radical (unpaired) electrons. The number of nitrogens with zero attached hydrogens (tertiary/aromatic N) is 1. The lowest BCUT2D eigenvalue weighted by molar-refractivity contribution is -0.387. The van der Waals surface area contributed by atoms with Crippen molar-refractivity contribution in [2.75, 3.05) is 0 Å². The third-order valence-electron chi connectivity index (χ3n) is 1.61. The van der Waals surface area contributed by atoms with Crippen LogP contribution < -0.4 is 4.18 Å². The Morgan fingerprint density at radius 1 is 1.38 bits per heavy atom. The highest BCUT2D eigenvalue weighted by molar-refractivity contribution is 7.87. The first-order valence-electron chi connectivity index (χ1n) is 3.24. The fourth-order valence-electron chi connectivity index (χ4n) is 1.11. The molecule has 0 N–H and O–H groups in total. The summed E-state index contributed by atoms with van der Waals surface area (Å²) in [6, 6.07) is 3.78. The van der Waals surface area contributed by atoms with Gasteiger partial charge in [0.1, 0.15) is 0 Å². The first-order valence-corrected chi connectivity index (χ1v) is 4.65. The zero-order chi connectivity index (χ0) is 9.64. The van der Waals surface area contributed by atoms with E-state index in [4.69, 9.17) is 0 Å². The zero-order valence-corrected chi connectivity index (χ0v) is 6.95. The van der Waals surface area contributed by atoms with E-state index in [1.165, 1.54) is 12.1 Å². The van der Waals surface area contributed by atoms with Crippen molar-refractivity contribution in [3.8, 4) is 5.75 Å². The van der Waals surface area contributed by atoms with Crippen molar-refractivity contribution in [1.29, 1.82) is 0 Å². The summed E-state index contributed by atoms with van der Waals surface area (Å²) in [7, 11) is -3.94. The fourth-order valence-corrected chi connectivity index (χ4v) is 2.23. The van der Waals surface area contributed by atoms with Crippen molar-refractivity contribution < 1.29 is 17.5 Å². The van der Waals surface area contributed by atoms with E-state index in [1.54, 1.807) is 0 Å². The molecule has 1 aromatic carbocycles. The number of hydrogen-bond acceptors (Lipinski definition) is 5. The largest absolute Gasteiger partial charge is 0.371 e. The van der Waals surface area contributed by atoms with E-state index in [0.29, 0.717) is 0 Å². The Morgan fingerprint density at radius 3 is 2.54 bits per heavy atom. The molecule has 68 valence electrons. The molecule has 0 atom stereocenters. The molecule has 1 aliphatic rings. The van der Waals surface area contributed by atoms with Gasteiger partial charge in [0, 0.05) is 0 Å². The van der Waals surface area contributed by atoms with Crippen LogP contribution in [0.15, 0.2) is 23.1 Å². The van der Waals surface area contributed by atoms with Crippen LogP contribution in [0.3, 0.4) is 0 Å². The van der Waals surface area contributed by atoms with Crippen LogP contribution in [0.5, 0.6) is 5.75 Å². The van der Waals surface area contributed by atoms with Crippen LogP contribution in [0.4, 0.5) is 5.69 Å². The second-order valence-corrected chi connectivity index (χ2v) is 3.91. The highest BCUT2D eigenvalue weighted by Gasteiger charge is 2.39. The Morgan fingerprint density at radius 2 is 2.08 bits per heavy atom. The lowest BCUT2D eigenvalue weighted by Crippen LogP contribution is -2.02. The lowest BCUT2D eigenvalue weighted by atomic mass is 10.3. The number of hydrogen-bond donors (Lipinski definition) is 0. The smallest absolute Gasteiger partial charge is 0.346 e. The summed E-state index contributed by atoms with van der Waals surface area (Å²) in [6.07, 6.45) is 0. The van der Waals surface area contributed by atoms with E-state index in [-0.39, 0.29) is 10.6 Å². The lowest BCUT2D eigenvalue weighted by Gasteiger charge is -1.89. The average Bonchev–Trinajstić information content (AvgIpc) is 2.16. The average molecular weight is 201 g/mol. The van der Waals surface area contributed by atoms with Gasteiger partial charge >= 0.3 is 15.8 Å². The summed E-state index contributed by atoms with van der Waals surface area (Å²) < 4.78 is 26.6. The predicted octanol–water partition coefficient (Wildman–Crippen LogP) is 0.676. The van der Waals surface area contributed by atoms with Crippen LogP contribution in [0.1, 0.15) is 0 Å². The van der Waals surface area contributed by atoms with Crippen LogP contribution in [0, 0.1) is 10.1 Å². The molecular formula is C6H3NO5S. The van der Waals surface area contributed by atoms with Gasteiger partial charge in [0.05, 0.1) is 4.92 Å². The molecule has 0 amide bonds. The van der Waals surface area contributed by atoms with Gasteiger partial charge in [-0.05, 0) is 12.1 Å². The minimum absolute atomic E-state index is 0.220. The Balaban J connectivity index is 2.83. The summed E-state index contributed by atoms with van der Waals surface area (Å²) in [6.45, 7) is 0. The summed E-state index contributed by atoms with van der Waals surface area (Å²) in [5.74, 6) is -0.220. The number of benzene rings is 1. The number of para-hydroxylation sites is 1. The second-order valence-electron chi connectivity index (χ2n) is 2.40. The van der Waals surface area contributed by atoms with Crippen LogP contribution in [0.2, 0.25) is 0 Å². The highest BCUT2D eigenvalue weighted by atomic mass is 32.2.